The Morgan fingerprint density at radius 1 is 0.850 bits per heavy atom. The van der Waals surface area contributed by atoms with Crippen LogP contribution in [0.4, 0.5) is 0 Å². The molecule has 0 fully saturated rings. The summed E-state index contributed by atoms with van der Waals surface area (Å²) in [6.45, 7) is 15.3. The van der Waals surface area contributed by atoms with Crippen LogP contribution in [0.15, 0.2) is 24.3 Å². The standard InChI is InChI=1S/C17H31NOSi/c1-13(2)20(14(3)4,15(5)6)19-12-17-9-7-16(11-18)8-10-17/h7-10,13-15H,11-12,18H2,1-6H3. The van der Waals surface area contributed by atoms with Gasteiger partial charge in [0, 0.05) is 6.54 Å². The fourth-order valence-electron chi connectivity index (χ4n) is 3.48. The minimum absolute atomic E-state index is 0.601. The van der Waals surface area contributed by atoms with Crippen LogP contribution in [0.5, 0.6) is 0 Å². The summed E-state index contributed by atoms with van der Waals surface area (Å²) in [5.74, 6) is 0. The molecular weight excluding hydrogens is 262 g/mol. The summed E-state index contributed by atoms with van der Waals surface area (Å²) in [6.07, 6.45) is 0. The highest BCUT2D eigenvalue weighted by molar-refractivity contribution is 6.77. The Kier molecular flexibility index (Phi) is 6.43. The van der Waals surface area contributed by atoms with Crippen LogP contribution in [0.2, 0.25) is 16.6 Å². The first-order valence-electron chi connectivity index (χ1n) is 7.76. The molecule has 2 nitrogen and oxygen atoms in total. The molecule has 2 N–H and O–H groups in total. The minimum Gasteiger partial charge on any atom is -0.412 e. The molecular formula is C17H31NOSi. The Labute approximate surface area is 125 Å². The van der Waals surface area contributed by atoms with Crippen molar-refractivity contribution in [3.63, 3.8) is 0 Å². The molecule has 0 aromatic heterocycles. The van der Waals surface area contributed by atoms with E-state index >= 15 is 0 Å². The number of hydrogen-bond acceptors (Lipinski definition) is 2. The number of benzene rings is 1. The molecule has 20 heavy (non-hydrogen) atoms. The van der Waals surface area contributed by atoms with Crippen molar-refractivity contribution in [2.45, 2.75) is 71.3 Å². The number of hydrogen-bond donors (Lipinski definition) is 1. The zero-order valence-corrected chi connectivity index (χ0v) is 14.9. The molecule has 0 radical (unpaired) electrons. The van der Waals surface area contributed by atoms with E-state index in [2.05, 4.69) is 65.8 Å². The SMILES string of the molecule is CC(C)[Si](OCc1ccc(CN)cc1)(C(C)C)C(C)C. The van der Waals surface area contributed by atoms with Gasteiger partial charge in [-0.3, -0.25) is 0 Å². The van der Waals surface area contributed by atoms with Crippen LogP contribution in [0.1, 0.15) is 52.7 Å². The lowest BCUT2D eigenvalue weighted by Gasteiger charge is -2.42. The molecule has 1 aromatic carbocycles. The quantitative estimate of drug-likeness (QED) is 0.730. The summed E-state index contributed by atoms with van der Waals surface area (Å²) < 4.78 is 6.58. The third-order valence-corrected chi connectivity index (χ3v) is 10.5. The first-order valence-corrected chi connectivity index (χ1v) is 9.90. The van der Waals surface area contributed by atoms with E-state index in [0.29, 0.717) is 23.2 Å². The van der Waals surface area contributed by atoms with E-state index in [1.807, 2.05) is 0 Å². The molecule has 0 aliphatic carbocycles. The summed E-state index contributed by atoms with van der Waals surface area (Å²) in [5.41, 5.74) is 9.95. The van der Waals surface area contributed by atoms with Gasteiger partial charge >= 0.3 is 0 Å². The molecule has 0 unspecified atom stereocenters. The van der Waals surface area contributed by atoms with Gasteiger partial charge in [-0.15, -0.1) is 0 Å². The van der Waals surface area contributed by atoms with Gasteiger partial charge in [0.05, 0.1) is 6.61 Å². The molecule has 0 saturated heterocycles. The molecule has 3 heteroatoms. The normalized spacial score (nSPS) is 12.7. The zero-order valence-electron chi connectivity index (χ0n) is 13.9. The first kappa shape index (κ1) is 17.4. The predicted octanol–water partition coefficient (Wildman–Crippen LogP) is 4.84. The smallest absolute Gasteiger partial charge is 0.200 e. The highest BCUT2D eigenvalue weighted by Crippen LogP contribution is 2.42. The van der Waals surface area contributed by atoms with Crippen molar-refractivity contribution >= 4 is 8.32 Å². The lowest BCUT2D eigenvalue weighted by Crippen LogP contribution is -2.47. The van der Waals surface area contributed by atoms with Gasteiger partial charge in [-0.05, 0) is 27.8 Å². The third kappa shape index (κ3) is 3.71. The predicted molar refractivity (Wildman–Crippen MR) is 90.2 cm³/mol. The van der Waals surface area contributed by atoms with Crippen LogP contribution in [-0.2, 0) is 17.6 Å². The van der Waals surface area contributed by atoms with Crippen molar-refractivity contribution in [1.82, 2.24) is 0 Å². The first-order chi connectivity index (χ1) is 9.34. The number of nitrogens with two attached hydrogens (primary N) is 1. The Bertz CT molecular complexity index is 376. The number of rotatable bonds is 7. The Balaban J connectivity index is 2.85. The lowest BCUT2D eigenvalue weighted by molar-refractivity contribution is 0.266. The maximum atomic E-state index is 6.58. The van der Waals surface area contributed by atoms with Crippen LogP contribution >= 0.6 is 0 Å². The topological polar surface area (TPSA) is 35.2 Å². The van der Waals surface area contributed by atoms with Crippen LogP contribution in [0.3, 0.4) is 0 Å². The molecule has 114 valence electrons. The summed E-state index contributed by atoms with van der Waals surface area (Å²) in [5, 5.41) is 0. The fourth-order valence-corrected chi connectivity index (χ4v) is 8.90. The molecule has 0 aliphatic heterocycles. The minimum atomic E-state index is -1.76. The average molecular weight is 294 g/mol. The van der Waals surface area contributed by atoms with E-state index in [9.17, 15) is 0 Å². The van der Waals surface area contributed by atoms with E-state index in [4.69, 9.17) is 10.2 Å². The summed E-state index contributed by atoms with van der Waals surface area (Å²) in [6, 6.07) is 8.48. The van der Waals surface area contributed by atoms with Crippen molar-refractivity contribution in [2.75, 3.05) is 0 Å². The van der Waals surface area contributed by atoms with Crippen LogP contribution in [0, 0.1) is 0 Å². The summed E-state index contributed by atoms with van der Waals surface area (Å²) >= 11 is 0. The van der Waals surface area contributed by atoms with Gasteiger partial charge in [-0.1, -0.05) is 65.8 Å². The summed E-state index contributed by atoms with van der Waals surface area (Å²) in [7, 11) is -1.76. The Morgan fingerprint density at radius 2 is 1.25 bits per heavy atom. The van der Waals surface area contributed by atoms with Gasteiger partial charge in [0.15, 0.2) is 0 Å². The molecule has 1 aromatic rings. The average Bonchev–Trinajstić information content (AvgIpc) is 2.38. The molecule has 0 saturated carbocycles. The van der Waals surface area contributed by atoms with Gasteiger partial charge in [0.2, 0.25) is 8.32 Å². The van der Waals surface area contributed by atoms with Gasteiger partial charge in [0.1, 0.15) is 0 Å². The second kappa shape index (κ2) is 7.39. The van der Waals surface area contributed by atoms with Crippen molar-refractivity contribution in [3.05, 3.63) is 35.4 Å². The van der Waals surface area contributed by atoms with Gasteiger partial charge in [-0.25, -0.2) is 0 Å². The highest BCUT2D eigenvalue weighted by atomic mass is 28.4. The van der Waals surface area contributed by atoms with E-state index in [0.717, 1.165) is 6.61 Å². The second-order valence-electron chi connectivity index (χ2n) is 6.63. The van der Waals surface area contributed by atoms with Gasteiger partial charge in [0.25, 0.3) is 0 Å². The van der Waals surface area contributed by atoms with Crippen LogP contribution in [-0.4, -0.2) is 8.32 Å². The molecule has 0 spiro atoms. The molecule has 0 aliphatic rings. The van der Waals surface area contributed by atoms with Crippen molar-refractivity contribution in [3.8, 4) is 0 Å². The van der Waals surface area contributed by atoms with Crippen molar-refractivity contribution in [1.29, 1.82) is 0 Å². The molecule has 1 rings (SSSR count). The Morgan fingerprint density at radius 3 is 1.60 bits per heavy atom. The highest BCUT2D eigenvalue weighted by Gasteiger charge is 2.44. The zero-order chi connectivity index (χ0) is 15.3. The van der Waals surface area contributed by atoms with Crippen LogP contribution < -0.4 is 5.73 Å². The molecule has 0 bridgehead atoms. The maximum Gasteiger partial charge on any atom is 0.200 e. The van der Waals surface area contributed by atoms with E-state index in [-0.39, 0.29) is 0 Å². The molecule has 0 amide bonds. The van der Waals surface area contributed by atoms with E-state index in [1.165, 1.54) is 11.1 Å². The van der Waals surface area contributed by atoms with E-state index < -0.39 is 8.32 Å². The largest absolute Gasteiger partial charge is 0.412 e. The van der Waals surface area contributed by atoms with Gasteiger partial charge in [-0.2, -0.15) is 0 Å². The Hall–Kier alpha value is -0.643. The maximum absolute atomic E-state index is 6.58. The van der Waals surface area contributed by atoms with Crippen molar-refractivity contribution in [2.24, 2.45) is 5.73 Å². The molecule has 0 heterocycles. The monoisotopic (exact) mass is 293 g/mol. The fraction of sp³-hybridized carbons (Fsp3) is 0.647. The van der Waals surface area contributed by atoms with Gasteiger partial charge < -0.3 is 10.2 Å². The second-order valence-corrected chi connectivity index (χ2v) is 12.1. The molecule has 0 atom stereocenters. The van der Waals surface area contributed by atoms with E-state index in [1.54, 1.807) is 0 Å². The summed E-state index contributed by atoms with van der Waals surface area (Å²) in [4.78, 5) is 0. The van der Waals surface area contributed by atoms with Crippen LogP contribution in [0.25, 0.3) is 0 Å². The third-order valence-electron chi connectivity index (χ3n) is 4.45. The van der Waals surface area contributed by atoms with Crippen molar-refractivity contribution < 1.29 is 4.43 Å². The lowest BCUT2D eigenvalue weighted by atomic mass is 10.1.